The number of methoxy groups -OCH3 is 1. The molecule has 1 aromatic heterocycles. The van der Waals surface area contributed by atoms with E-state index in [0.29, 0.717) is 43.4 Å². The number of carboxylic acid groups (broad SMARTS) is 1. The van der Waals surface area contributed by atoms with Gasteiger partial charge in [-0.05, 0) is 77.8 Å². The number of benzene rings is 2. The molecule has 3 aliphatic rings. The Balaban J connectivity index is 0.00000353. The molecule has 1 aliphatic carbocycles. The summed E-state index contributed by atoms with van der Waals surface area (Å²) in [6.07, 6.45) is 4.25. The van der Waals surface area contributed by atoms with Crippen LogP contribution < -0.4 is 44.1 Å². The monoisotopic (exact) mass is 584 g/mol. The summed E-state index contributed by atoms with van der Waals surface area (Å²) >= 11 is 0. The molecule has 1 saturated carbocycles. The maximum atomic E-state index is 15.0. The molecule has 2 aliphatic heterocycles. The van der Waals surface area contributed by atoms with Gasteiger partial charge in [0.1, 0.15) is 23.8 Å². The summed E-state index contributed by atoms with van der Waals surface area (Å²) in [6, 6.07) is 13.6. The molecule has 3 aromatic rings. The van der Waals surface area contributed by atoms with Crippen molar-refractivity contribution in [3.05, 3.63) is 76.7 Å². The molecule has 2 aromatic carbocycles. The summed E-state index contributed by atoms with van der Waals surface area (Å²) < 4.78 is 40.8. The van der Waals surface area contributed by atoms with Crippen LogP contribution in [-0.4, -0.2) is 42.2 Å². The quantitative estimate of drug-likeness (QED) is 0.360. The van der Waals surface area contributed by atoms with Crippen molar-refractivity contribution in [1.29, 1.82) is 0 Å². The third-order valence-electron chi connectivity index (χ3n) is 8.90. The predicted octanol–water partition coefficient (Wildman–Crippen LogP) is 2.39. The number of likely N-dealkylation sites (tertiary alicyclic amines) is 1. The minimum Gasteiger partial charge on any atom is -0.550 e. The van der Waals surface area contributed by atoms with Gasteiger partial charge >= 0.3 is 29.6 Å². The summed E-state index contributed by atoms with van der Waals surface area (Å²) in [7, 11) is 1.50. The van der Waals surface area contributed by atoms with Crippen LogP contribution in [-0.2, 0) is 17.8 Å². The van der Waals surface area contributed by atoms with Crippen molar-refractivity contribution in [3.63, 3.8) is 0 Å². The number of aromatic nitrogens is 1. The molecular formula is C33H35F2N2NaO4. The van der Waals surface area contributed by atoms with E-state index in [1.165, 1.54) is 7.11 Å². The van der Waals surface area contributed by atoms with Crippen LogP contribution in [0.4, 0.5) is 8.78 Å². The van der Waals surface area contributed by atoms with Gasteiger partial charge in [-0.1, -0.05) is 37.3 Å². The van der Waals surface area contributed by atoms with Gasteiger partial charge in [-0.2, -0.15) is 0 Å². The second-order valence-corrected chi connectivity index (χ2v) is 11.7. The molecule has 0 spiro atoms. The fourth-order valence-corrected chi connectivity index (χ4v) is 6.51. The maximum absolute atomic E-state index is 15.0. The molecular weight excluding hydrogens is 549 g/mol. The number of carbonyl (C=O) groups is 1. The molecule has 4 atom stereocenters. The normalized spacial score (nSPS) is 21.5. The first kappa shape index (κ1) is 30.9. The summed E-state index contributed by atoms with van der Waals surface area (Å²) in [6.45, 7) is 3.23. The van der Waals surface area contributed by atoms with E-state index >= 15 is 0 Å². The van der Waals surface area contributed by atoms with E-state index in [0.717, 1.165) is 65.4 Å². The zero-order valence-corrected chi connectivity index (χ0v) is 26.4. The molecule has 0 amide bonds. The Kier molecular flexibility index (Phi) is 9.57. The van der Waals surface area contributed by atoms with Crippen molar-refractivity contribution in [3.8, 4) is 22.8 Å². The molecule has 0 radical (unpaired) electrons. The van der Waals surface area contributed by atoms with Crippen LogP contribution in [0.3, 0.4) is 0 Å². The number of hydrogen-bond donors (Lipinski definition) is 0. The Labute approximate surface area is 267 Å². The van der Waals surface area contributed by atoms with Crippen LogP contribution in [0, 0.1) is 17.7 Å². The fourth-order valence-electron chi connectivity index (χ4n) is 6.51. The van der Waals surface area contributed by atoms with Gasteiger partial charge in [-0.3, -0.25) is 4.90 Å². The van der Waals surface area contributed by atoms with Crippen molar-refractivity contribution in [2.45, 2.75) is 63.8 Å². The first-order chi connectivity index (χ1) is 19.8. The molecule has 6 rings (SSSR count). The van der Waals surface area contributed by atoms with E-state index in [-0.39, 0.29) is 41.6 Å². The average Bonchev–Trinajstić information content (AvgIpc) is 3.73. The van der Waals surface area contributed by atoms with Crippen molar-refractivity contribution < 1.29 is 57.7 Å². The third kappa shape index (κ3) is 6.52. The Morgan fingerprint density at radius 1 is 1.14 bits per heavy atom. The number of hydrogen-bond acceptors (Lipinski definition) is 6. The number of fused-ring (bicyclic) bond motifs is 1. The largest absolute Gasteiger partial charge is 1.00 e. The molecule has 0 bridgehead atoms. The van der Waals surface area contributed by atoms with Gasteiger partial charge in [-0.15, -0.1) is 0 Å². The van der Waals surface area contributed by atoms with Crippen molar-refractivity contribution in [2.24, 2.45) is 11.8 Å². The minimum absolute atomic E-state index is 0. The van der Waals surface area contributed by atoms with E-state index in [1.807, 2.05) is 24.3 Å². The zero-order chi connectivity index (χ0) is 28.7. The summed E-state index contributed by atoms with van der Waals surface area (Å²) in [5.41, 5.74) is 5.06. The first-order valence-electron chi connectivity index (χ1n) is 14.5. The summed E-state index contributed by atoms with van der Waals surface area (Å²) in [4.78, 5) is 17.8. The number of alkyl halides is 1. The number of nitrogens with zero attached hydrogens (tertiary/aromatic N) is 2. The Bertz CT molecular complexity index is 1450. The first-order valence-corrected chi connectivity index (χ1v) is 14.5. The molecule has 0 N–H and O–H groups in total. The molecule has 42 heavy (non-hydrogen) atoms. The second kappa shape index (κ2) is 13.0. The van der Waals surface area contributed by atoms with E-state index in [1.54, 1.807) is 13.0 Å². The summed E-state index contributed by atoms with van der Waals surface area (Å²) in [5.74, 6) is -0.671. The van der Waals surface area contributed by atoms with Crippen LogP contribution in [0.5, 0.6) is 11.6 Å². The second-order valence-electron chi connectivity index (χ2n) is 11.7. The van der Waals surface area contributed by atoms with Crippen LogP contribution in [0.2, 0.25) is 0 Å². The van der Waals surface area contributed by atoms with Crippen LogP contribution in [0.15, 0.2) is 48.7 Å². The standard InChI is InChI=1S/C33H36F2N2O4.Na/c1-19(33(38)39)32(21-4-5-21)23-6-3-20-8-10-29(41-30(20)14-23)22-7-9-26(27-15-31(40-2)36-16-28(27)35)24(13-22)17-37-12-11-25(34)18-37;/h3,6-7,9,13-16,19,21,25,29,32H,4-5,8,10-12,17-18H2,1-2H3,(H,38,39);/q;+1/p-1/t19-,25+,29?,32-;/m0./s1. The zero-order valence-electron chi connectivity index (χ0n) is 24.4. The van der Waals surface area contributed by atoms with Gasteiger partial charge in [-0.25, -0.2) is 13.8 Å². The summed E-state index contributed by atoms with van der Waals surface area (Å²) in [5, 5.41) is 11.7. The van der Waals surface area contributed by atoms with Crippen molar-refractivity contribution in [2.75, 3.05) is 20.2 Å². The smallest absolute Gasteiger partial charge is 0.550 e. The third-order valence-corrected chi connectivity index (χ3v) is 8.90. The number of aryl methyl sites for hydroxylation is 1. The van der Waals surface area contributed by atoms with Crippen LogP contribution >= 0.6 is 0 Å². The minimum atomic E-state index is -1.02. The van der Waals surface area contributed by atoms with Crippen molar-refractivity contribution in [1.82, 2.24) is 9.88 Å². The van der Waals surface area contributed by atoms with Crippen molar-refractivity contribution >= 4 is 5.97 Å². The van der Waals surface area contributed by atoms with E-state index in [4.69, 9.17) is 9.47 Å². The number of carboxylic acids is 1. The van der Waals surface area contributed by atoms with Gasteiger partial charge in [0.2, 0.25) is 5.88 Å². The number of pyridine rings is 1. The SMILES string of the molecule is COc1cc(-c2ccc(C3CCc4ccc([C@H](C5CC5)[C@H](C)C(=O)[O-])cc4O3)cc2CN2CC[C@@H](F)C2)c(F)cn1.[Na+]. The number of aliphatic carboxylic acids is 1. The molecule has 2 fully saturated rings. The number of halogens is 2. The topological polar surface area (TPSA) is 74.7 Å². The molecule has 9 heteroatoms. The molecule has 216 valence electrons. The van der Waals surface area contributed by atoms with Gasteiger partial charge in [0.15, 0.2) is 0 Å². The van der Waals surface area contributed by atoms with Crippen LogP contribution in [0.25, 0.3) is 11.1 Å². The molecule has 6 nitrogen and oxygen atoms in total. The maximum Gasteiger partial charge on any atom is 1.00 e. The predicted molar refractivity (Wildman–Crippen MR) is 149 cm³/mol. The Morgan fingerprint density at radius 2 is 1.95 bits per heavy atom. The van der Waals surface area contributed by atoms with E-state index in [9.17, 15) is 18.7 Å². The molecule has 1 saturated heterocycles. The van der Waals surface area contributed by atoms with E-state index < -0.39 is 23.9 Å². The van der Waals surface area contributed by atoms with Crippen LogP contribution in [0.1, 0.15) is 66.9 Å². The molecule has 1 unspecified atom stereocenters. The Morgan fingerprint density at radius 3 is 2.64 bits per heavy atom. The number of carbonyl (C=O) groups excluding carboxylic acids is 1. The van der Waals surface area contributed by atoms with Gasteiger partial charge in [0, 0.05) is 43.2 Å². The van der Waals surface area contributed by atoms with E-state index in [2.05, 4.69) is 22.0 Å². The van der Waals surface area contributed by atoms with Gasteiger partial charge < -0.3 is 19.4 Å². The van der Waals surface area contributed by atoms with Gasteiger partial charge in [0.05, 0.1) is 13.3 Å². The average molecular weight is 585 g/mol. The Hall–Kier alpha value is -2.52. The fraction of sp³-hybridized carbons (Fsp3) is 0.455. The molecule has 3 heterocycles. The number of ether oxygens (including phenoxy) is 2. The number of rotatable bonds is 9. The van der Waals surface area contributed by atoms with Gasteiger partial charge in [0.25, 0.3) is 0 Å².